The van der Waals surface area contributed by atoms with Gasteiger partial charge in [0.1, 0.15) is 29.8 Å². The molecule has 1 unspecified atom stereocenters. The Labute approximate surface area is 146 Å². The zero-order chi connectivity index (χ0) is 17.9. The molecule has 126 valence electrons. The number of rotatable bonds is 4. The molecule has 1 aromatic rings. The average molecular weight is 397 g/mol. The molecule has 1 atom stereocenters. The molecule has 0 saturated carbocycles. The van der Waals surface area contributed by atoms with Gasteiger partial charge in [0.05, 0.1) is 23.1 Å². The van der Waals surface area contributed by atoms with Gasteiger partial charge < -0.3 is 19.9 Å². The molecule has 0 bridgehead atoms. The normalized spacial score (nSPS) is 17.4. The lowest BCUT2D eigenvalue weighted by molar-refractivity contribution is -0.136. The number of nitrogens with zero attached hydrogens (tertiary/aromatic N) is 1. The summed E-state index contributed by atoms with van der Waals surface area (Å²) in [4.78, 5) is 12.3. The molecule has 2 rings (SSSR count). The van der Waals surface area contributed by atoms with Crippen LogP contribution in [-0.2, 0) is 19.0 Å². The Morgan fingerprint density at radius 1 is 1.50 bits per heavy atom. The molecule has 0 fully saturated rings. The molecule has 0 aliphatic carbocycles. The molecule has 2 N–H and O–H groups in total. The Morgan fingerprint density at radius 2 is 2.21 bits per heavy atom. The van der Waals surface area contributed by atoms with Crippen LogP contribution in [0.3, 0.4) is 0 Å². The van der Waals surface area contributed by atoms with Crippen molar-refractivity contribution in [3.63, 3.8) is 0 Å². The van der Waals surface area contributed by atoms with Gasteiger partial charge in [-0.05, 0) is 33.6 Å². The first kappa shape index (κ1) is 18.0. The smallest absolute Gasteiger partial charge is 0.338 e. The van der Waals surface area contributed by atoms with Crippen molar-refractivity contribution in [1.82, 2.24) is 0 Å². The maximum atomic E-state index is 14.0. The molecule has 0 saturated heterocycles. The van der Waals surface area contributed by atoms with Gasteiger partial charge in [0, 0.05) is 7.11 Å². The molecule has 0 aromatic heterocycles. The van der Waals surface area contributed by atoms with E-state index in [2.05, 4.69) is 15.9 Å². The van der Waals surface area contributed by atoms with Crippen molar-refractivity contribution >= 4 is 21.9 Å². The zero-order valence-corrected chi connectivity index (χ0v) is 14.5. The second-order valence-corrected chi connectivity index (χ2v) is 5.71. The highest BCUT2D eigenvalue weighted by Crippen LogP contribution is 2.40. The maximum Gasteiger partial charge on any atom is 0.338 e. The van der Waals surface area contributed by atoms with E-state index in [0.717, 1.165) is 0 Å². The fraction of sp³-hybridized carbons (Fsp3) is 0.250. The molecule has 8 heteroatoms. The predicted octanol–water partition coefficient (Wildman–Crippen LogP) is 2.47. The van der Waals surface area contributed by atoms with E-state index in [0.29, 0.717) is 5.56 Å². The topological polar surface area (TPSA) is 94.6 Å². The molecule has 1 heterocycles. The molecule has 1 aromatic carbocycles. The second kappa shape index (κ2) is 7.47. The van der Waals surface area contributed by atoms with E-state index in [4.69, 9.17) is 19.9 Å². The van der Waals surface area contributed by atoms with Crippen LogP contribution >= 0.6 is 15.9 Å². The Kier molecular flexibility index (Phi) is 5.59. The van der Waals surface area contributed by atoms with Crippen molar-refractivity contribution in [1.29, 1.82) is 5.26 Å². The Morgan fingerprint density at radius 3 is 2.75 bits per heavy atom. The van der Waals surface area contributed by atoms with Gasteiger partial charge in [-0.3, -0.25) is 0 Å². The van der Waals surface area contributed by atoms with E-state index in [1.54, 1.807) is 6.07 Å². The number of hydrogen-bond donors (Lipinski definition) is 1. The maximum absolute atomic E-state index is 14.0. The van der Waals surface area contributed by atoms with Gasteiger partial charge in [-0.1, -0.05) is 6.07 Å². The first-order valence-corrected chi connectivity index (χ1v) is 7.56. The number of carbonyl (C=O) groups is 1. The predicted molar refractivity (Wildman–Crippen MR) is 85.7 cm³/mol. The summed E-state index contributed by atoms with van der Waals surface area (Å²) in [5.41, 5.74) is 6.21. The van der Waals surface area contributed by atoms with Crippen LogP contribution < -0.4 is 5.73 Å². The number of esters is 1. The van der Waals surface area contributed by atoms with Gasteiger partial charge in [0.25, 0.3) is 0 Å². The number of methoxy groups -OCH3 is 2. The van der Waals surface area contributed by atoms with Gasteiger partial charge in [-0.25, -0.2) is 9.18 Å². The summed E-state index contributed by atoms with van der Waals surface area (Å²) in [6.45, 7) is -0.0562. The van der Waals surface area contributed by atoms with Crippen LogP contribution in [-0.4, -0.2) is 26.8 Å². The lowest BCUT2D eigenvalue weighted by Gasteiger charge is -2.27. The first-order valence-electron chi connectivity index (χ1n) is 6.77. The van der Waals surface area contributed by atoms with Gasteiger partial charge in [-0.2, -0.15) is 5.26 Å². The van der Waals surface area contributed by atoms with Crippen LogP contribution in [0, 0.1) is 17.1 Å². The van der Waals surface area contributed by atoms with Crippen molar-refractivity contribution in [2.45, 2.75) is 5.92 Å². The number of halogens is 2. The number of hydrogen-bond acceptors (Lipinski definition) is 6. The van der Waals surface area contributed by atoms with Crippen LogP contribution in [0.15, 0.2) is 45.5 Å². The van der Waals surface area contributed by atoms with Gasteiger partial charge in [0.15, 0.2) is 0 Å². The van der Waals surface area contributed by atoms with Crippen LogP contribution in [0.25, 0.3) is 0 Å². The third kappa shape index (κ3) is 3.27. The lowest BCUT2D eigenvalue weighted by atomic mass is 9.83. The van der Waals surface area contributed by atoms with E-state index in [1.165, 1.54) is 26.4 Å². The van der Waals surface area contributed by atoms with Crippen LogP contribution in [0.4, 0.5) is 4.39 Å². The summed E-state index contributed by atoms with van der Waals surface area (Å²) in [6.07, 6.45) is 0. The molecular formula is C16H14BrFN2O4. The molecule has 1 aliphatic heterocycles. The van der Waals surface area contributed by atoms with Gasteiger partial charge in [0.2, 0.25) is 5.88 Å². The quantitative estimate of drug-likeness (QED) is 0.785. The van der Waals surface area contributed by atoms with Crippen molar-refractivity contribution in [2.75, 3.05) is 20.8 Å². The highest BCUT2D eigenvalue weighted by atomic mass is 79.9. The van der Waals surface area contributed by atoms with E-state index in [-0.39, 0.29) is 33.9 Å². The summed E-state index contributed by atoms with van der Waals surface area (Å²) in [5.74, 6) is -2.20. The monoisotopic (exact) mass is 396 g/mol. The van der Waals surface area contributed by atoms with E-state index < -0.39 is 17.7 Å². The molecule has 0 spiro atoms. The van der Waals surface area contributed by atoms with Crippen molar-refractivity contribution in [3.8, 4) is 6.07 Å². The number of ether oxygens (including phenoxy) is 3. The average Bonchev–Trinajstić information content (AvgIpc) is 2.56. The van der Waals surface area contributed by atoms with Crippen molar-refractivity contribution in [2.24, 2.45) is 5.73 Å². The van der Waals surface area contributed by atoms with Crippen LogP contribution in [0.1, 0.15) is 11.5 Å². The summed E-state index contributed by atoms with van der Waals surface area (Å²) < 4.78 is 29.4. The number of nitriles is 1. The van der Waals surface area contributed by atoms with Gasteiger partial charge in [-0.15, -0.1) is 0 Å². The number of nitrogens with two attached hydrogens (primary N) is 1. The first-order chi connectivity index (χ1) is 11.4. The van der Waals surface area contributed by atoms with E-state index in [1.807, 2.05) is 6.07 Å². The SMILES string of the molecule is COCC1=C(C(=O)OC)C(c2ccc(Br)c(F)c2)C(C#N)=C(N)O1. The molecule has 0 amide bonds. The molecule has 6 nitrogen and oxygen atoms in total. The zero-order valence-electron chi connectivity index (χ0n) is 12.9. The molecule has 0 radical (unpaired) electrons. The summed E-state index contributed by atoms with van der Waals surface area (Å²) in [6, 6.07) is 6.21. The minimum absolute atomic E-state index is 0.00280. The van der Waals surface area contributed by atoms with Crippen molar-refractivity contribution < 1.29 is 23.4 Å². The van der Waals surface area contributed by atoms with Crippen molar-refractivity contribution in [3.05, 3.63) is 56.8 Å². The lowest BCUT2D eigenvalue weighted by Crippen LogP contribution is -2.27. The number of benzene rings is 1. The largest absolute Gasteiger partial charge is 0.466 e. The highest BCUT2D eigenvalue weighted by Gasteiger charge is 2.37. The Balaban J connectivity index is 2.70. The minimum Gasteiger partial charge on any atom is -0.466 e. The highest BCUT2D eigenvalue weighted by molar-refractivity contribution is 9.10. The number of carbonyl (C=O) groups excluding carboxylic acids is 1. The minimum atomic E-state index is -0.913. The Bertz CT molecular complexity index is 783. The third-order valence-electron chi connectivity index (χ3n) is 3.45. The standard InChI is InChI=1S/C16H14BrFN2O4/c1-22-7-12-14(16(21)23-2)13(9(6-19)15(20)24-12)8-3-4-10(17)11(18)5-8/h3-5,13H,7,20H2,1-2H3. The summed E-state index contributed by atoms with van der Waals surface area (Å²) in [7, 11) is 2.62. The van der Waals surface area contributed by atoms with Gasteiger partial charge >= 0.3 is 5.97 Å². The fourth-order valence-electron chi connectivity index (χ4n) is 2.42. The summed E-state index contributed by atoms with van der Waals surface area (Å²) >= 11 is 3.07. The summed E-state index contributed by atoms with van der Waals surface area (Å²) in [5, 5.41) is 9.43. The van der Waals surface area contributed by atoms with E-state index in [9.17, 15) is 14.4 Å². The molecule has 24 heavy (non-hydrogen) atoms. The van der Waals surface area contributed by atoms with Crippen LogP contribution in [0.2, 0.25) is 0 Å². The van der Waals surface area contributed by atoms with Crippen LogP contribution in [0.5, 0.6) is 0 Å². The second-order valence-electron chi connectivity index (χ2n) is 4.86. The third-order valence-corrected chi connectivity index (χ3v) is 4.10. The van der Waals surface area contributed by atoms with E-state index >= 15 is 0 Å². The fourth-order valence-corrected chi connectivity index (χ4v) is 2.66. The molecule has 1 aliphatic rings. The number of allylic oxidation sites excluding steroid dienone is 1. The molecular weight excluding hydrogens is 383 g/mol. The Hall–Kier alpha value is -2.37.